The van der Waals surface area contributed by atoms with Crippen molar-refractivity contribution >= 4 is 16.3 Å². The van der Waals surface area contributed by atoms with Crippen LogP contribution in [-0.4, -0.2) is 6.54 Å². The Bertz CT molecular complexity index is 348. The SMILES string of the molecule is N#Cc1c(N)sc2c1CNCC2. The fraction of sp³-hybridized carbons (Fsp3) is 0.375. The van der Waals surface area contributed by atoms with E-state index in [2.05, 4.69) is 11.4 Å². The average Bonchev–Trinajstić information content (AvgIpc) is 2.40. The van der Waals surface area contributed by atoms with Crippen LogP contribution < -0.4 is 11.1 Å². The number of anilines is 1. The Balaban J connectivity index is 2.56. The second-order valence-electron chi connectivity index (χ2n) is 2.78. The highest BCUT2D eigenvalue weighted by molar-refractivity contribution is 7.16. The molecule has 1 aromatic rings. The molecule has 1 aliphatic rings. The summed E-state index contributed by atoms with van der Waals surface area (Å²) in [6, 6.07) is 2.15. The molecule has 62 valence electrons. The highest BCUT2D eigenvalue weighted by Crippen LogP contribution is 2.32. The lowest BCUT2D eigenvalue weighted by atomic mass is 10.1. The summed E-state index contributed by atoms with van der Waals surface area (Å²) in [6.07, 6.45) is 1.01. The van der Waals surface area contributed by atoms with Gasteiger partial charge in [-0.05, 0) is 12.0 Å². The largest absolute Gasteiger partial charge is 0.389 e. The molecule has 0 spiro atoms. The summed E-state index contributed by atoms with van der Waals surface area (Å²) in [4.78, 5) is 1.28. The number of nitrogens with one attached hydrogen (secondary N) is 1. The number of nitriles is 1. The predicted octanol–water partition coefficient (Wildman–Crippen LogP) is 0.848. The zero-order valence-electron chi connectivity index (χ0n) is 6.55. The number of hydrogen-bond acceptors (Lipinski definition) is 4. The first-order valence-electron chi connectivity index (χ1n) is 3.83. The quantitative estimate of drug-likeness (QED) is 0.620. The molecule has 0 radical (unpaired) electrons. The van der Waals surface area contributed by atoms with Gasteiger partial charge in [0, 0.05) is 18.0 Å². The molecule has 0 unspecified atom stereocenters. The first-order chi connectivity index (χ1) is 5.83. The van der Waals surface area contributed by atoms with Gasteiger partial charge in [-0.15, -0.1) is 11.3 Å². The molecule has 0 aliphatic carbocycles. The first-order valence-corrected chi connectivity index (χ1v) is 4.65. The van der Waals surface area contributed by atoms with Crippen molar-refractivity contribution in [3.05, 3.63) is 16.0 Å². The predicted molar refractivity (Wildman–Crippen MR) is 48.9 cm³/mol. The van der Waals surface area contributed by atoms with Crippen LogP contribution in [0.15, 0.2) is 0 Å². The summed E-state index contributed by atoms with van der Waals surface area (Å²) in [7, 11) is 0. The molecule has 4 heteroatoms. The van der Waals surface area contributed by atoms with E-state index in [1.54, 1.807) is 11.3 Å². The summed E-state index contributed by atoms with van der Waals surface area (Å²) < 4.78 is 0. The smallest absolute Gasteiger partial charge is 0.104 e. The van der Waals surface area contributed by atoms with Crippen LogP contribution in [0.3, 0.4) is 0 Å². The fourth-order valence-corrected chi connectivity index (χ4v) is 2.50. The number of nitrogens with two attached hydrogens (primary N) is 1. The lowest BCUT2D eigenvalue weighted by molar-refractivity contribution is 0.652. The van der Waals surface area contributed by atoms with E-state index in [-0.39, 0.29) is 0 Å². The van der Waals surface area contributed by atoms with E-state index >= 15 is 0 Å². The highest BCUT2D eigenvalue weighted by Gasteiger charge is 2.18. The molecular formula is C8H9N3S. The molecule has 1 aromatic heterocycles. The van der Waals surface area contributed by atoms with Crippen molar-refractivity contribution in [2.45, 2.75) is 13.0 Å². The zero-order chi connectivity index (χ0) is 8.55. The maximum atomic E-state index is 8.81. The number of fused-ring (bicyclic) bond motifs is 1. The molecule has 0 atom stereocenters. The molecule has 0 amide bonds. The molecule has 3 nitrogen and oxygen atoms in total. The molecule has 1 aliphatic heterocycles. The Morgan fingerprint density at radius 3 is 3.17 bits per heavy atom. The highest BCUT2D eigenvalue weighted by atomic mass is 32.1. The second kappa shape index (κ2) is 2.77. The van der Waals surface area contributed by atoms with Gasteiger partial charge >= 0.3 is 0 Å². The van der Waals surface area contributed by atoms with Crippen molar-refractivity contribution in [3.63, 3.8) is 0 Å². The maximum Gasteiger partial charge on any atom is 0.104 e. The number of hydrogen-bond donors (Lipinski definition) is 2. The van der Waals surface area contributed by atoms with Crippen molar-refractivity contribution in [1.82, 2.24) is 5.32 Å². The van der Waals surface area contributed by atoms with Gasteiger partial charge < -0.3 is 11.1 Å². The van der Waals surface area contributed by atoms with Crippen LogP contribution in [0.4, 0.5) is 5.00 Å². The van der Waals surface area contributed by atoms with Crippen molar-refractivity contribution in [3.8, 4) is 6.07 Å². The molecule has 2 rings (SSSR count). The summed E-state index contributed by atoms with van der Waals surface area (Å²) in [5.74, 6) is 0. The van der Waals surface area contributed by atoms with Gasteiger partial charge in [-0.25, -0.2) is 0 Å². The van der Waals surface area contributed by atoms with E-state index < -0.39 is 0 Å². The minimum atomic E-state index is 0.672. The van der Waals surface area contributed by atoms with Gasteiger partial charge in [0.05, 0.1) is 5.56 Å². The molecule has 0 saturated carbocycles. The maximum absolute atomic E-state index is 8.81. The minimum absolute atomic E-state index is 0.672. The summed E-state index contributed by atoms with van der Waals surface area (Å²) >= 11 is 1.56. The zero-order valence-corrected chi connectivity index (χ0v) is 7.37. The van der Waals surface area contributed by atoms with E-state index in [1.165, 1.54) is 4.88 Å². The third-order valence-electron chi connectivity index (χ3n) is 2.06. The lowest BCUT2D eigenvalue weighted by Gasteiger charge is -2.11. The van der Waals surface area contributed by atoms with E-state index in [1.807, 2.05) is 0 Å². The van der Waals surface area contributed by atoms with Crippen LogP contribution >= 0.6 is 11.3 Å². The lowest BCUT2D eigenvalue weighted by Crippen LogP contribution is -2.22. The van der Waals surface area contributed by atoms with Crippen LogP contribution in [0, 0.1) is 11.3 Å². The second-order valence-corrected chi connectivity index (χ2v) is 3.92. The molecule has 0 bridgehead atoms. The van der Waals surface area contributed by atoms with Crippen molar-refractivity contribution < 1.29 is 0 Å². The van der Waals surface area contributed by atoms with Gasteiger partial charge in [-0.2, -0.15) is 5.26 Å². The van der Waals surface area contributed by atoms with Gasteiger partial charge in [0.2, 0.25) is 0 Å². The van der Waals surface area contributed by atoms with E-state index in [4.69, 9.17) is 11.0 Å². The monoisotopic (exact) mass is 179 g/mol. The van der Waals surface area contributed by atoms with Gasteiger partial charge in [0.15, 0.2) is 0 Å². The molecule has 3 N–H and O–H groups in total. The normalized spacial score (nSPS) is 15.2. The van der Waals surface area contributed by atoms with Crippen LogP contribution in [0.2, 0.25) is 0 Å². The Hall–Kier alpha value is -1.05. The van der Waals surface area contributed by atoms with Crippen molar-refractivity contribution in [2.24, 2.45) is 0 Å². The molecule has 2 heterocycles. The van der Waals surface area contributed by atoms with Crippen LogP contribution in [0.1, 0.15) is 16.0 Å². The standard InChI is InChI=1S/C8H9N3S/c9-3-5-6-4-11-2-1-7(6)12-8(5)10/h11H,1-2,4,10H2. The number of nitrogens with zero attached hydrogens (tertiary/aromatic N) is 1. The molecule has 0 fully saturated rings. The van der Waals surface area contributed by atoms with Crippen LogP contribution in [-0.2, 0) is 13.0 Å². The Morgan fingerprint density at radius 1 is 1.58 bits per heavy atom. The van der Waals surface area contributed by atoms with E-state index in [0.29, 0.717) is 10.6 Å². The number of thiophene rings is 1. The minimum Gasteiger partial charge on any atom is -0.389 e. The fourth-order valence-electron chi connectivity index (χ4n) is 1.46. The van der Waals surface area contributed by atoms with Gasteiger partial charge in [-0.1, -0.05) is 0 Å². The summed E-state index contributed by atoms with van der Waals surface area (Å²) in [5, 5.41) is 12.7. The number of rotatable bonds is 0. The molecule has 0 saturated heterocycles. The van der Waals surface area contributed by atoms with Crippen LogP contribution in [0.25, 0.3) is 0 Å². The Labute approximate surface area is 74.8 Å². The molecular weight excluding hydrogens is 170 g/mol. The van der Waals surface area contributed by atoms with E-state index in [9.17, 15) is 0 Å². The van der Waals surface area contributed by atoms with E-state index in [0.717, 1.165) is 25.1 Å². The van der Waals surface area contributed by atoms with Crippen molar-refractivity contribution in [1.29, 1.82) is 5.26 Å². The first kappa shape index (κ1) is 7.59. The van der Waals surface area contributed by atoms with Crippen molar-refractivity contribution in [2.75, 3.05) is 12.3 Å². The van der Waals surface area contributed by atoms with Crippen LogP contribution in [0.5, 0.6) is 0 Å². The number of nitrogen functional groups attached to an aromatic ring is 1. The molecule has 12 heavy (non-hydrogen) atoms. The third kappa shape index (κ3) is 0.986. The van der Waals surface area contributed by atoms with Gasteiger partial charge in [0.25, 0.3) is 0 Å². The summed E-state index contributed by atoms with van der Waals surface area (Å²) in [5.41, 5.74) is 7.50. The third-order valence-corrected chi connectivity index (χ3v) is 3.18. The Kier molecular flexibility index (Phi) is 1.75. The Morgan fingerprint density at radius 2 is 2.42 bits per heavy atom. The van der Waals surface area contributed by atoms with Gasteiger partial charge in [0.1, 0.15) is 11.1 Å². The molecule has 0 aromatic carbocycles. The topological polar surface area (TPSA) is 61.8 Å². The van der Waals surface area contributed by atoms with Gasteiger partial charge in [-0.3, -0.25) is 0 Å². The summed E-state index contributed by atoms with van der Waals surface area (Å²) in [6.45, 7) is 1.80. The average molecular weight is 179 g/mol.